The summed E-state index contributed by atoms with van der Waals surface area (Å²) >= 11 is 3.28. The summed E-state index contributed by atoms with van der Waals surface area (Å²) in [6, 6.07) is 3.51. The van der Waals surface area contributed by atoms with E-state index in [2.05, 4.69) is 26.2 Å². The SMILES string of the molecule is CC(CCS(C)=O)NC(=O)c1ncccc1Br. The number of pyridine rings is 1. The Kier molecular flexibility index (Phi) is 5.77. The van der Waals surface area contributed by atoms with Crippen molar-refractivity contribution >= 4 is 32.6 Å². The maximum Gasteiger partial charge on any atom is 0.271 e. The van der Waals surface area contributed by atoms with Gasteiger partial charge >= 0.3 is 0 Å². The molecule has 0 aliphatic carbocycles. The number of hydrogen-bond donors (Lipinski definition) is 1. The first-order chi connectivity index (χ1) is 8.00. The summed E-state index contributed by atoms with van der Waals surface area (Å²) < 4.78 is 11.6. The lowest BCUT2D eigenvalue weighted by Gasteiger charge is -2.13. The van der Waals surface area contributed by atoms with Gasteiger partial charge in [-0.1, -0.05) is 0 Å². The summed E-state index contributed by atoms with van der Waals surface area (Å²) in [5.41, 5.74) is 0.372. The molecule has 94 valence electrons. The van der Waals surface area contributed by atoms with Crippen molar-refractivity contribution in [3.63, 3.8) is 0 Å². The Morgan fingerprint density at radius 2 is 2.35 bits per heavy atom. The zero-order chi connectivity index (χ0) is 12.8. The van der Waals surface area contributed by atoms with Crippen molar-refractivity contribution in [1.82, 2.24) is 10.3 Å². The third-order valence-corrected chi connectivity index (χ3v) is 3.64. The lowest BCUT2D eigenvalue weighted by atomic mass is 10.2. The molecule has 0 aromatic carbocycles. The molecule has 0 fully saturated rings. The molecule has 6 heteroatoms. The van der Waals surface area contributed by atoms with Crippen LogP contribution in [0, 0.1) is 0 Å². The molecule has 0 bridgehead atoms. The molecule has 0 saturated heterocycles. The minimum atomic E-state index is -0.826. The van der Waals surface area contributed by atoms with E-state index in [0.29, 0.717) is 22.3 Å². The van der Waals surface area contributed by atoms with Crippen LogP contribution in [-0.4, -0.2) is 33.2 Å². The van der Waals surface area contributed by atoms with Crippen LogP contribution < -0.4 is 5.32 Å². The molecule has 0 spiro atoms. The van der Waals surface area contributed by atoms with Gasteiger partial charge in [0.1, 0.15) is 5.69 Å². The van der Waals surface area contributed by atoms with Crippen LogP contribution >= 0.6 is 15.9 Å². The summed E-state index contributed by atoms with van der Waals surface area (Å²) in [7, 11) is -0.826. The minimum Gasteiger partial charge on any atom is -0.348 e. The third-order valence-electron chi connectivity index (χ3n) is 2.19. The highest BCUT2D eigenvalue weighted by molar-refractivity contribution is 9.10. The quantitative estimate of drug-likeness (QED) is 0.899. The highest BCUT2D eigenvalue weighted by Gasteiger charge is 2.13. The molecule has 0 aliphatic heterocycles. The average molecular weight is 319 g/mol. The predicted octanol–water partition coefficient (Wildman–Crippen LogP) is 1.73. The second-order valence-electron chi connectivity index (χ2n) is 3.77. The first-order valence-corrected chi connectivity index (χ1v) is 7.74. The molecule has 17 heavy (non-hydrogen) atoms. The van der Waals surface area contributed by atoms with Crippen LogP contribution in [0.5, 0.6) is 0 Å². The van der Waals surface area contributed by atoms with E-state index in [-0.39, 0.29) is 11.9 Å². The Balaban J connectivity index is 2.55. The lowest BCUT2D eigenvalue weighted by Crippen LogP contribution is -2.34. The number of aromatic nitrogens is 1. The van der Waals surface area contributed by atoms with Crippen molar-refractivity contribution in [2.24, 2.45) is 0 Å². The van der Waals surface area contributed by atoms with Crippen LogP contribution in [0.3, 0.4) is 0 Å². The van der Waals surface area contributed by atoms with Crippen molar-refractivity contribution in [3.05, 3.63) is 28.5 Å². The molecule has 0 radical (unpaired) electrons. The number of nitrogens with zero attached hydrogens (tertiary/aromatic N) is 1. The molecule has 2 unspecified atom stereocenters. The van der Waals surface area contributed by atoms with Crippen molar-refractivity contribution in [2.45, 2.75) is 19.4 Å². The minimum absolute atomic E-state index is 0.0136. The fourth-order valence-corrected chi connectivity index (χ4v) is 2.38. The first kappa shape index (κ1) is 14.3. The highest BCUT2D eigenvalue weighted by Crippen LogP contribution is 2.13. The van der Waals surface area contributed by atoms with Gasteiger partial charge in [-0.15, -0.1) is 0 Å². The van der Waals surface area contributed by atoms with Gasteiger partial charge in [-0.2, -0.15) is 0 Å². The van der Waals surface area contributed by atoms with Crippen LogP contribution in [-0.2, 0) is 10.8 Å². The normalized spacial score (nSPS) is 14.1. The first-order valence-electron chi connectivity index (χ1n) is 5.22. The van der Waals surface area contributed by atoms with E-state index >= 15 is 0 Å². The summed E-state index contributed by atoms with van der Waals surface area (Å²) in [6.45, 7) is 1.89. The summed E-state index contributed by atoms with van der Waals surface area (Å²) in [6.07, 6.45) is 3.93. The van der Waals surface area contributed by atoms with Crippen LogP contribution in [0.25, 0.3) is 0 Å². The molecule has 0 aliphatic rings. The Bertz CT molecular complexity index is 426. The number of carbonyl (C=O) groups is 1. The highest BCUT2D eigenvalue weighted by atomic mass is 79.9. The second-order valence-corrected chi connectivity index (χ2v) is 6.18. The van der Waals surface area contributed by atoms with Crippen LogP contribution in [0.15, 0.2) is 22.8 Å². The maximum absolute atomic E-state index is 11.8. The molecule has 4 nitrogen and oxygen atoms in total. The molecule has 1 N–H and O–H groups in total. The van der Waals surface area contributed by atoms with Crippen molar-refractivity contribution in [2.75, 3.05) is 12.0 Å². The van der Waals surface area contributed by atoms with Gasteiger partial charge in [0.15, 0.2) is 0 Å². The summed E-state index contributed by atoms with van der Waals surface area (Å²) in [4.78, 5) is 15.8. The van der Waals surface area contributed by atoms with Crippen LogP contribution in [0.1, 0.15) is 23.8 Å². The average Bonchev–Trinajstić information content (AvgIpc) is 2.26. The fourth-order valence-electron chi connectivity index (χ4n) is 1.26. The smallest absolute Gasteiger partial charge is 0.271 e. The van der Waals surface area contributed by atoms with Crippen molar-refractivity contribution in [3.8, 4) is 0 Å². The fraction of sp³-hybridized carbons (Fsp3) is 0.455. The van der Waals surface area contributed by atoms with Gasteiger partial charge in [-0.25, -0.2) is 4.98 Å². The molecular formula is C11H15BrN2O2S. The molecule has 2 atom stereocenters. The van der Waals surface area contributed by atoms with Crippen LogP contribution in [0.2, 0.25) is 0 Å². The largest absolute Gasteiger partial charge is 0.348 e. The maximum atomic E-state index is 11.8. The Morgan fingerprint density at radius 1 is 1.65 bits per heavy atom. The topological polar surface area (TPSA) is 59.1 Å². The molecular weight excluding hydrogens is 304 g/mol. The number of nitrogens with one attached hydrogen (secondary N) is 1. The Labute approximate surface area is 112 Å². The molecule has 1 rings (SSSR count). The van der Waals surface area contributed by atoms with E-state index in [0.717, 1.165) is 0 Å². The Hall–Kier alpha value is -0.750. The van der Waals surface area contributed by atoms with Crippen LogP contribution in [0.4, 0.5) is 0 Å². The molecule has 1 aromatic rings. The van der Waals surface area contributed by atoms with E-state index in [1.807, 2.05) is 6.92 Å². The van der Waals surface area contributed by atoms with Crippen molar-refractivity contribution < 1.29 is 9.00 Å². The van der Waals surface area contributed by atoms with Gasteiger partial charge in [0.05, 0.1) is 0 Å². The van der Waals surface area contributed by atoms with E-state index in [9.17, 15) is 9.00 Å². The zero-order valence-corrected chi connectivity index (χ0v) is 12.2. The molecule has 1 aromatic heterocycles. The second kappa shape index (κ2) is 6.86. The standard InChI is InChI=1S/C11H15BrN2O2S/c1-8(5-7-17(2)16)14-11(15)10-9(12)4-3-6-13-10/h3-4,6,8H,5,7H2,1-2H3,(H,14,15). The van der Waals surface area contributed by atoms with E-state index in [4.69, 9.17) is 0 Å². The monoisotopic (exact) mass is 318 g/mol. The van der Waals surface area contributed by atoms with E-state index in [1.54, 1.807) is 24.6 Å². The number of carbonyl (C=O) groups excluding carboxylic acids is 1. The molecule has 0 saturated carbocycles. The van der Waals surface area contributed by atoms with Gasteiger partial charge in [-0.3, -0.25) is 9.00 Å². The summed E-state index contributed by atoms with van der Waals surface area (Å²) in [5.74, 6) is 0.372. The Morgan fingerprint density at radius 3 is 2.94 bits per heavy atom. The van der Waals surface area contributed by atoms with Gasteiger partial charge in [0.2, 0.25) is 0 Å². The number of amides is 1. The van der Waals surface area contributed by atoms with E-state index in [1.165, 1.54) is 0 Å². The third kappa shape index (κ3) is 4.95. The van der Waals surface area contributed by atoms with Gasteiger partial charge in [0.25, 0.3) is 5.91 Å². The molecule has 1 amide bonds. The summed E-state index contributed by atoms with van der Waals surface area (Å²) in [5, 5.41) is 2.83. The van der Waals surface area contributed by atoms with Gasteiger partial charge < -0.3 is 5.32 Å². The van der Waals surface area contributed by atoms with E-state index < -0.39 is 10.8 Å². The number of halogens is 1. The lowest BCUT2D eigenvalue weighted by molar-refractivity contribution is 0.0933. The predicted molar refractivity (Wildman–Crippen MR) is 72.4 cm³/mol. The van der Waals surface area contributed by atoms with Crippen molar-refractivity contribution in [1.29, 1.82) is 0 Å². The van der Waals surface area contributed by atoms with Gasteiger partial charge in [0, 0.05) is 39.5 Å². The number of hydrogen-bond acceptors (Lipinski definition) is 3. The molecule has 1 heterocycles. The zero-order valence-electron chi connectivity index (χ0n) is 9.77. The number of rotatable bonds is 5. The van der Waals surface area contributed by atoms with Gasteiger partial charge in [-0.05, 0) is 41.4 Å².